The summed E-state index contributed by atoms with van der Waals surface area (Å²) in [7, 11) is 1.76. The molecule has 128 valence electrons. The summed E-state index contributed by atoms with van der Waals surface area (Å²) < 4.78 is 1.64. The Balaban J connectivity index is 1.90. The van der Waals surface area contributed by atoms with E-state index in [2.05, 4.69) is 4.98 Å². The number of nitrogens with zero attached hydrogens (tertiary/aromatic N) is 2. The van der Waals surface area contributed by atoms with E-state index in [4.69, 9.17) is 0 Å². The second-order valence-electron chi connectivity index (χ2n) is 6.99. The minimum Gasteiger partial charge on any atom is -0.308 e. The molecule has 0 radical (unpaired) electrons. The lowest BCUT2D eigenvalue weighted by atomic mass is 9.83. The molecule has 0 amide bonds. The van der Waals surface area contributed by atoms with Crippen molar-refractivity contribution in [2.75, 3.05) is 0 Å². The van der Waals surface area contributed by atoms with Gasteiger partial charge in [-0.05, 0) is 18.6 Å². The van der Waals surface area contributed by atoms with Gasteiger partial charge in [0.1, 0.15) is 5.69 Å². The monoisotopic (exact) mass is 334 g/mol. The molecule has 0 aliphatic rings. The number of hydrogen-bond donors (Lipinski definition) is 0. The normalized spacial score (nSPS) is 11.6. The molecule has 0 fully saturated rings. The van der Waals surface area contributed by atoms with Gasteiger partial charge in [0.05, 0.1) is 11.0 Å². The fourth-order valence-electron chi connectivity index (χ4n) is 3.03. The topological polar surface area (TPSA) is 52.0 Å². The van der Waals surface area contributed by atoms with Crippen LogP contribution in [0.4, 0.5) is 0 Å². The molecule has 0 saturated carbocycles. The highest BCUT2D eigenvalue weighted by Gasteiger charge is 2.28. The third-order valence-electron chi connectivity index (χ3n) is 4.70. The number of para-hydroxylation sites is 2. The maximum atomic E-state index is 12.8. The second-order valence-corrected chi connectivity index (χ2v) is 6.99. The van der Waals surface area contributed by atoms with Crippen molar-refractivity contribution in [1.29, 1.82) is 0 Å². The lowest BCUT2D eigenvalue weighted by Gasteiger charge is -2.24. The first kappa shape index (κ1) is 17.1. The number of fused-ring (bicyclic) bond motifs is 1. The summed E-state index contributed by atoms with van der Waals surface area (Å²) in [6.07, 6.45) is 0.954. The summed E-state index contributed by atoms with van der Waals surface area (Å²) in [5, 5.41) is 0. The van der Waals surface area contributed by atoms with Crippen molar-refractivity contribution in [3.8, 4) is 0 Å². The molecule has 4 nitrogen and oxygen atoms in total. The molecule has 0 unspecified atom stereocenters. The molecule has 1 aromatic heterocycles. The summed E-state index contributed by atoms with van der Waals surface area (Å²) in [5.41, 5.74) is 2.24. The van der Waals surface area contributed by atoms with Crippen molar-refractivity contribution in [3.63, 3.8) is 0 Å². The molecule has 0 saturated heterocycles. The molecule has 1 heterocycles. The van der Waals surface area contributed by atoms with Crippen molar-refractivity contribution >= 4 is 16.8 Å². The van der Waals surface area contributed by atoms with Crippen molar-refractivity contribution in [2.45, 2.75) is 32.1 Å². The lowest BCUT2D eigenvalue weighted by molar-refractivity contribution is 0.0972. The van der Waals surface area contributed by atoms with Gasteiger partial charge in [0, 0.05) is 24.4 Å². The minimum atomic E-state index is -0.483. The molecular formula is C21H22N2O2. The molecule has 2 aromatic carbocycles. The second kappa shape index (κ2) is 6.63. The molecule has 25 heavy (non-hydrogen) atoms. The van der Waals surface area contributed by atoms with Gasteiger partial charge in [0.15, 0.2) is 5.78 Å². The van der Waals surface area contributed by atoms with E-state index in [-0.39, 0.29) is 11.3 Å². The van der Waals surface area contributed by atoms with Crippen LogP contribution in [0, 0.1) is 0 Å². The van der Waals surface area contributed by atoms with Gasteiger partial charge in [-0.15, -0.1) is 0 Å². The Morgan fingerprint density at radius 3 is 2.40 bits per heavy atom. The Kier molecular flexibility index (Phi) is 4.53. The van der Waals surface area contributed by atoms with E-state index >= 15 is 0 Å². The van der Waals surface area contributed by atoms with Crippen LogP contribution in [0.1, 0.15) is 42.7 Å². The van der Waals surface area contributed by atoms with Gasteiger partial charge in [-0.1, -0.05) is 56.3 Å². The van der Waals surface area contributed by atoms with Gasteiger partial charge < -0.3 is 4.57 Å². The highest BCUT2D eigenvalue weighted by Crippen LogP contribution is 2.26. The van der Waals surface area contributed by atoms with Crippen molar-refractivity contribution in [3.05, 3.63) is 76.2 Å². The molecule has 3 aromatic rings. The van der Waals surface area contributed by atoms with E-state index in [9.17, 15) is 9.59 Å². The number of benzene rings is 2. The van der Waals surface area contributed by atoms with E-state index in [1.807, 2.05) is 68.4 Å². The molecule has 4 heteroatoms. The summed E-state index contributed by atoms with van der Waals surface area (Å²) in [5.74, 6) is 0.0892. The molecule has 0 aliphatic heterocycles. The molecule has 0 atom stereocenters. The standard InChI is InChI=1S/C21H22N2O2/c1-21(2,14-13-18(24)15-9-5-4-6-10-15)19-20(25)23(3)17-12-8-7-11-16(17)22-19/h4-12H,13-14H2,1-3H3. The van der Waals surface area contributed by atoms with Crippen LogP contribution in [0.25, 0.3) is 11.0 Å². The number of Topliss-reactive ketones (excluding diaryl/α,β-unsaturated/α-hetero) is 1. The Hall–Kier alpha value is -2.75. The maximum absolute atomic E-state index is 12.8. The SMILES string of the molecule is Cn1c(=O)c(C(C)(C)CCC(=O)c2ccccc2)nc2ccccc21. The van der Waals surface area contributed by atoms with E-state index in [1.54, 1.807) is 11.6 Å². The van der Waals surface area contributed by atoms with E-state index < -0.39 is 5.41 Å². The number of aryl methyl sites for hydroxylation is 1. The Labute approximate surface area is 147 Å². The zero-order valence-electron chi connectivity index (χ0n) is 14.8. The van der Waals surface area contributed by atoms with Gasteiger partial charge in [0.25, 0.3) is 5.56 Å². The van der Waals surface area contributed by atoms with Gasteiger partial charge in [-0.25, -0.2) is 4.98 Å². The number of rotatable bonds is 5. The highest BCUT2D eigenvalue weighted by molar-refractivity contribution is 5.96. The van der Waals surface area contributed by atoms with Crippen LogP contribution < -0.4 is 5.56 Å². The Bertz CT molecular complexity index is 972. The zero-order chi connectivity index (χ0) is 18.0. The third-order valence-corrected chi connectivity index (χ3v) is 4.70. The van der Waals surface area contributed by atoms with E-state index in [0.29, 0.717) is 24.1 Å². The first-order chi connectivity index (χ1) is 11.9. The number of ketones is 1. The number of carbonyl (C=O) groups excluding carboxylic acids is 1. The predicted octanol–water partition coefficient (Wildman–Crippen LogP) is 3.87. The smallest absolute Gasteiger partial charge is 0.273 e. The van der Waals surface area contributed by atoms with Gasteiger partial charge in [-0.3, -0.25) is 9.59 Å². The molecule has 3 rings (SSSR count). The summed E-state index contributed by atoms with van der Waals surface area (Å²) in [6.45, 7) is 3.95. The van der Waals surface area contributed by atoms with Crippen LogP contribution in [-0.2, 0) is 12.5 Å². The quantitative estimate of drug-likeness (QED) is 0.666. The predicted molar refractivity (Wildman–Crippen MR) is 100 cm³/mol. The molecular weight excluding hydrogens is 312 g/mol. The summed E-state index contributed by atoms with van der Waals surface area (Å²) in [6, 6.07) is 16.9. The third kappa shape index (κ3) is 3.38. The van der Waals surface area contributed by atoms with Crippen LogP contribution >= 0.6 is 0 Å². The lowest BCUT2D eigenvalue weighted by Crippen LogP contribution is -2.33. The van der Waals surface area contributed by atoms with Crippen LogP contribution in [-0.4, -0.2) is 15.3 Å². The van der Waals surface area contributed by atoms with Crippen molar-refractivity contribution < 1.29 is 4.79 Å². The average molecular weight is 334 g/mol. The molecule has 0 N–H and O–H groups in total. The van der Waals surface area contributed by atoms with Crippen LogP contribution in [0.5, 0.6) is 0 Å². The molecule has 0 bridgehead atoms. The van der Waals surface area contributed by atoms with Gasteiger partial charge in [-0.2, -0.15) is 0 Å². The Morgan fingerprint density at radius 2 is 1.68 bits per heavy atom. The first-order valence-electron chi connectivity index (χ1n) is 8.45. The van der Waals surface area contributed by atoms with Crippen molar-refractivity contribution in [2.24, 2.45) is 7.05 Å². The number of hydrogen-bond acceptors (Lipinski definition) is 3. The summed E-state index contributed by atoms with van der Waals surface area (Å²) in [4.78, 5) is 29.8. The minimum absolute atomic E-state index is 0.0892. The van der Waals surface area contributed by atoms with Crippen LogP contribution in [0.2, 0.25) is 0 Å². The van der Waals surface area contributed by atoms with Gasteiger partial charge >= 0.3 is 0 Å². The number of carbonyl (C=O) groups is 1. The zero-order valence-corrected chi connectivity index (χ0v) is 14.8. The fraction of sp³-hybridized carbons (Fsp3) is 0.286. The highest BCUT2D eigenvalue weighted by atomic mass is 16.1. The van der Waals surface area contributed by atoms with Crippen molar-refractivity contribution in [1.82, 2.24) is 9.55 Å². The largest absolute Gasteiger partial charge is 0.308 e. The first-order valence-corrected chi connectivity index (χ1v) is 8.45. The van der Waals surface area contributed by atoms with Gasteiger partial charge in [0.2, 0.25) is 0 Å². The maximum Gasteiger partial charge on any atom is 0.273 e. The van der Waals surface area contributed by atoms with E-state index in [1.165, 1.54) is 0 Å². The van der Waals surface area contributed by atoms with E-state index in [0.717, 1.165) is 11.0 Å². The summed E-state index contributed by atoms with van der Waals surface area (Å²) >= 11 is 0. The average Bonchev–Trinajstić information content (AvgIpc) is 2.63. The van der Waals surface area contributed by atoms with Crippen LogP contribution in [0.15, 0.2) is 59.4 Å². The molecule has 0 aliphatic carbocycles. The molecule has 0 spiro atoms. The fourth-order valence-corrected chi connectivity index (χ4v) is 3.03. The Morgan fingerprint density at radius 1 is 1.04 bits per heavy atom. The number of aromatic nitrogens is 2. The van der Waals surface area contributed by atoms with Crippen LogP contribution in [0.3, 0.4) is 0 Å².